The number of aromatic nitrogens is 1. The first-order valence-electron chi connectivity index (χ1n) is 6.47. The second-order valence-corrected chi connectivity index (χ2v) is 5.68. The van der Waals surface area contributed by atoms with Gasteiger partial charge >= 0.3 is 0 Å². The standard InChI is InChI=1S/C15H14N4O2S/c1-9-4-13(14(19(20)21)5-10(9)2)17-7-12(6-16)15-18-11(3)8-22-15/h4-5,7-8,17H,1-3H3/b12-7+. The fraction of sp³-hybridized carbons (Fsp3) is 0.200. The minimum absolute atomic E-state index is 0.0213. The highest BCUT2D eigenvalue weighted by atomic mass is 32.1. The van der Waals surface area contributed by atoms with E-state index in [-0.39, 0.29) is 5.69 Å². The average Bonchev–Trinajstić information content (AvgIpc) is 2.89. The van der Waals surface area contributed by atoms with Crippen LogP contribution >= 0.6 is 11.3 Å². The Balaban J connectivity index is 2.38. The summed E-state index contributed by atoms with van der Waals surface area (Å²) in [6.45, 7) is 5.54. The van der Waals surface area contributed by atoms with E-state index >= 15 is 0 Å². The first kappa shape index (κ1) is 15.7. The Labute approximate surface area is 131 Å². The van der Waals surface area contributed by atoms with Crippen LogP contribution in [0.3, 0.4) is 0 Å². The van der Waals surface area contributed by atoms with Gasteiger partial charge < -0.3 is 5.32 Å². The lowest BCUT2D eigenvalue weighted by Crippen LogP contribution is -1.99. The number of nitro groups is 1. The van der Waals surface area contributed by atoms with Crippen LogP contribution in [0.1, 0.15) is 21.8 Å². The van der Waals surface area contributed by atoms with Crippen LogP contribution in [0.2, 0.25) is 0 Å². The van der Waals surface area contributed by atoms with Crippen molar-refractivity contribution in [3.05, 3.63) is 55.7 Å². The van der Waals surface area contributed by atoms with Gasteiger partial charge in [0, 0.05) is 23.3 Å². The van der Waals surface area contributed by atoms with E-state index in [4.69, 9.17) is 0 Å². The van der Waals surface area contributed by atoms with Gasteiger partial charge in [-0.05, 0) is 38.0 Å². The first-order valence-corrected chi connectivity index (χ1v) is 7.35. The maximum absolute atomic E-state index is 11.1. The van der Waals surface area contributed by atoms with Crippen LogP contribution in [0.5, 0.6) is 0 Å². The predicted molar refractivity (Wildman–Crippen MR) is 86.6 cm³/mol. The number of anilines is 1. The van der Waals surface area contributed by atoms with Crippen molar-refractivity contribution in [2.24, 2.45) is 0 Å². The third kappa shape index (κ3) is 3.30. The van der Waals surface area contributed by atoms with Crippen LogP contribution in [0, 0.1) is 42.2 Å². The molecule has 0 saturated heterocycles. The van der Waals surface area contributed by atoms with Crippen molar-refractivity contribution in [1.82, 2.24) is 4.98 Å². The summed E-state index contributed by atoms with van der Waals surface area (Å²) in [6, 6.07) is 5.27. The van der Waals surface area contributed by atoms with Crippen molar-refractivity contribution < 1.29 is 4.92 Å². The molecule has 0 aliphatic rings. The molecule has 112 valence electrons. The number of aryl methyl sites for hydroxylation is 3. The summed E-state index contributed by atoms with van der Waals surface area (Å²) in [6.07, 6.45) is 1.45. The van der Waals surface area contributed by atoms with E-state index < -0.39 is 4.92 Å². The number of nitrogens with one attached hydrogen (secondary N) is 1. The molecule has 1 aromatic heterocycles. The lowest BCUT2D eigenvalue weighted by Gasteiger charge is -2.07. The Bertz CT molecular complexity index is 802. The number of hydrogen-bond donors (Lipinski definition) is 1. The van der Waals surface area contributed by atoms with Crippen LogP contribution in [-0.4, -0.2) is 9.91 Å². The van der Waals surface area contributed by atoms with E-state index in [1.807, 2.05) is 26.2 Å². The van der Waals surface area contributed by atoms with E-state index in [2.05, 4.69) is 16.4 Å². The minimum Gasteiger partial charge on any atom is -0.355 e. The van der Waals surface area contributed by atoms with Gasteiger partial charge in [-0.1, -0.05) is 0 Å². The molecule has 1 N–H and O–H groups in total. The van der Waals surface area contributed by atoms with E-state index in [1.165, 1.54) is 23.6 Å². The van der Waals surface area contributed by atoms with Gasteiger partial charge in [-0.15, -0.1) is 11.3 Å². The summed E-state index contributed by atoms with van der Waals surface area (Å²) in [5.74, 6) is 0. The van der Waals surface area contributed by atoms with Crippen LogP contribution in [-0.2, 0) is 0 Å². The Kier molecular flexibility index (Phi) is 4.53. The molecule has 0 saturated carbocycles. The summed E-state index contributed by atoms with van der Waals surface area (Å²) in [7, 11) is 0. The quantitative estimate of drug-likeness (QED) is 0.524. The molecule has 22 heavy (non-hydrogen) atoms. The lowest BCUT2D eigenvalue weighted by molar-refractivity contribution is -0.384. The van der Waals surface area contributed by atoms with Crippen molar-refractivity contribution >= 4 is 28.3 Å². The van der Waals surface area contributed by atoms with Crippen molar-refractivity contribution in [1.29, 1.82) is 5.26 Å². The number of hydrogen-bond acceptors (Lipinski definition) is 6. The second kappa shape index (κ2) is 6.37. The summed E-state index contributed by atoms with van der Waals surface area (Å²) in [4.78, 5) is 14.9. The topological polar surface area (TPSA) is 91.8 Å². The normalized spacial score (nSPS) is 11.1. The Morgan fingerprint density at radius 2 is 2.09 bits per heavy atom. The summed E-state index contributed by atoms with van der Waals surface area (Å²) < 4.78 is 0. The third-order valence-electron chi connectivity index (χ3n) is 3.15. The van der Waals surface area contributed by atoms with Gasteiger partial charge in [-0.25, -0.2) is 4.98 Å². The van der Waals surface area contributed by atoms with Crippen molar-refractivity contribution in [2.75, 3.05) is 5.32 Å². The molecule has 2 aromatic rings. The number of rotatable bonds is 4. The molecule has 0 atom stereocenters. The van der Waals surface area contributed by atoms with Crippen LogP contribution in [0.15, 0.2) is 23.7 Å². The molecule has 6 nitrogen and oxygen atoms in total. The molecule has 0 aliphatic carbocycles. The molecular formula is C15H14N4O2S. The van der Waals surface area contributed by atoms with E-state index in [9.17, 15) is 15.4 Å². The molecule has 7 heteroatoms. The molecule has 1 aromatic carbocycles. The fourth-order valence-corrected chi connectivity index (χ4v) is 2.60. The van der Waals surface area contributed by atoms with Gasteiger partial charge in [-0.3, -0.25) is 10.1 Å². The number of benzene rings is 1. The Morgan fingerprint density at radius 1 is 1.41 bits per heavy atom. The zero-order chi connectivity index (χ0) is 16.3. The summed E-state index contributed by atoms with van der Waals surface area (Å²) in [5.41, 5.74) is 3.28. The number of nitrogens with zero attached hydrogens (tertiary/aromatic N) is 3. The molecule has 2 rings (SSSR count). The highest BCUT2D eigenvalue weighted by molar-refractivity contribution is 7.10. The fourth-order valence-electron chi connectivity index (χ4n) is 1.84. The van der Waals surface area contributed by atoms with Crippen molar-refractivity contribution in [3.63, 3.8) is 0 Å². The monoisotopic (exact) mass is 314 g/mol. The van der Waals surface area contributed by atoms with E-state index in [0.29, 0.717) is 16.3 Å². The number of nitriles is 1. The molecular weight excluding hydrogens is 300 g/mol. The van der Waals surface area contributed by atoms with Gasteiger partial charge in [0.25, 0.3) is 5.69 Å². The number of thiazole rings is 1. The van der Waals surface area contributed by atoms with Crippen LogP contribution < -0.4 is 5.32 Å². The SMILES string of the molecule is Cc1csc(/C(C#N)=C/Nc2cc(C)c(C)cc2[N+](=O)[O-])n1. The molecule has 0 aliphatic heterocycles. The summed E-state index contributed by atoms with van der Waals surface area (Å²) >= 11 is 1.36. The van der Waals surface area contributed by atoms with Crippen LogP contribution in [0.4, 0.5) is 11.4 Å². The molecule has 0 unspecified atom stereocenters. The maximum atomic E-state index is 11.1. The molecule has 0 spiro atoms. The highest BCUT2D eigenvalue weighted by Gasteiger charge is 2.15. The zero-order valence-electron chi connectivity index (χ0n) is 12.4. The van der Waals surface area contributed by atoms with Gasteiger partial charge in [0.15, 0.2) is 0 Å². The van der Waals surface area contributed by atoms with Crippen molar-refractivity contribution in [2.45, 2.75) is 20.8 Å². The zero-order valence-corrected chi connectivity index (χ0v) is 13.2. The lowest BCUT2D eigenvalue weighted by atomic mass is 10.1. The predicted octanol–water partition coefficient (Wildman–Crippen LogP) is 3.95. The maximum Gasteiger partial charge on any atom is 0.292 e. The Hall–Kier alpha value is -2.72. The molecule has 1 heterocycles. The number of nitro benzene ring substituents is 1. The van der Waals surface area contributed by atoms with E-state index in [1.54, 1.807) is 6.07 Å². The van der Waals surface area contributed by atoms with Gasteiger partial charge in [0.2, 0.25) is 0 Å². The molecule has 0 bridgehead atoms. The summed E-state index contributed by atoms with van der Waals surface area (Å²) in [5, 5.41) is 25.7. The van der Waals surface area contributed by atoms with Crippen molar-refractivity contribution in [3.8, 4) is 6.07 Å². The second-order valence-electron chi connectivity index (χ2n) is 4.82. The van der Waals surface area contributed by atoms with E-state index in [0.717, 1.165) is 16.8 Å². The number of allylic oxidation sites excluding steroid dienone is 1. The van der Waals surface area contributed by atoms with Gasteiger partial charge in [0.1, 0.15) is 22.3 Å². The molecule has 0 fully saturated rings. The Morgan fingerprint density at radius 3 is 2.64 bits per heavy atom. The smallest absolute Gasteiger partial charge is 0.292 e. The van der Waals surface area contributed by atoms with Crippen LogP contribution in [0.25, 0.3) is 5.57 Å². The minimum atomic E-state index is -0.442. The molecule has 0 radical (unpaired) electrons. The first-order chi connectivity index (χ1) is 10.4. The van der Waals surface area contributed by atoms with Gasteiger partial charge in [-0.2, -0.15) is 5.26 Å². The largest absolute Gasteiger partial charge is 0.355 e. The average molecular weight is 314 g/mol. The third-order valence-corrected chi connectivity index (χ3v) is 4.14. The highest BCUT2D eigenvalue weighted by Crippen LogP contribution is 2.28. The van der Waals surface area contributed by atoms with Gasteiger partial charge in [0.05, 0.1) is 4.92 Å². The molecule has 0 amide bonds.